The molecule has 1 aliphatic rings. The van der Waals surface area contributed by atoms with Gasteiger partial charge < -0.3 is 30.6 Å². The maximum atomic E-state index is 12.5. The zero-order valence-corrected chi connectivity index (χ0v) is 23.2. The van der Waals surface area contributed by atoms with Crippen molar-refractivity contribution >= 4 is 18.4 Å². The van der Waals surface area contributed by atoms with E-state index in [0.29, 0.717) is 50.9 Å². The maximum absolute atomic E-state index is 12.5. The Bertz CT molecular complexity index is 998. The summed E-state index contributed by atoms with van der Waals surface area (Å²) in [6.45, 7) is 2.90. The number of nitrogens with two attached hydrogens (primary N) is 1. The number of methoxy groups -OCH3 is 1. The van der Waals surface area contributed by atoms with Crippen LogP contribution in [0.25, 0.3) is 0 Å². The topological polar surface area (TPSA) is 129 Å². The van der Waals surface area contributed by atoms with Crippen LogP contribution in [0.3, 0.4) is 0 Å². The van der Waals surface area contributed by atoms with E-state index >= 15 is 0 Å². The third-order valence-electron chi connectivity index (χ3n) is 6.52. The number of halogens is 1. The molecule has 2 aromatic rings. The number of rotatable bonds is 15. The molecule has 0 aliphatic heterocycles. The predicted octanol–water partition coefficient (Wildman–Crippen LogP) is 4.50. The summed E-state index contributed by atoms with van der Waals surface area (Å²) in [5.74, 6) is -0.398. The molecule has 1 saturated carbocycles. The molecule has 40 heavy (non-hydrogen) atoms. The zero-order valence-electron chi connectivity index (χ0n) is 23.2. The molecule has 1 fully saturated rings. The van der Waals surface area contributed by atoms with Crippen LogP contribution in [-0.4, -0.2) is 51.9 Å². The average Bonchev–Trinajstić information content (AvgIpc) is 2.98. The minimum Gasteiger partial charge on any atom is -0.445 e. The van der Waals surface area contributed by atoms with E-state index in [0.717, 1.165) is 18.4 Å². The summed E-state index contributed by atoms with van der Waals surface area (Å²) in [6, 6.07) is 12.8. The Morgan fingerprint density at radius 2 is 1.68 bits per heavy atom. The van der Waals surface area contributed by atoms with Crippen molar-refractivity contribution in [2.45, 2.75) is 63.5 Å². The number of hydrogen-bond acceptors (Lipinski definition) is 6. The Hall–Kier alpha value is -3.50. The Kier molecular flexibility index (Phi) is 16.0. The van der Waals surface area contributed by atoms with Gasteiger partial charge in [0.2, 0.25) is 12.3 Å². The second-order valence-electron chi connectivity index (χ2n) is 9.56. The number of ether oxygens (including phenoxy) is 3. The van der Waals surface area contributed by atoms with Gasteiger partial charge in [-0.3, -0.25) is 9.59 Å². The van der Waals surface area contributed by atoms with Crippen molar-refractivity contribution in [3.05, 3.63) is 71.0 Å². The molecule has 0 radical (unpaired) electrons. The second-order valence-corrected chi connectivity index (χ2v) is 9.56. The molecule has 0 heterocycles. The van der Waals surface area contributed by atoms with Crippen LogP contribution in [0.1, 0.15) is 73.6 Å². The van der Waals surface area contributed by atoms with Crippen LogP contribution in [-0.2, 0) is 30.4 Å². The van der Waals surface area contributed by atoms with Crippen LogP contribution in [0.5, 0.6) is 0 Å². The molecule has 1 unspecified atom stereocenters. The van der Waals surface area contributed by atoms with Crippen molar-refractivity contribution in [2.75, 3.05) is 33.5 Å². The molecular formula is C30H42FN3O6. The van der Waals surface area contributed by atoms with Gasteiger partial charge in [0.25, 0.3) is 0 Å². The van der Waals surface area contributed by atoms with Crippen molar-refractivity contribution in [1.82, 2.24) is 10.6 Å². The SMILES string of the molecule is COCCCOCCCNC(=O)OCc1ccc(C2CCCCC2)cc1.NC(=O)C(NC=O)c1ccc(F)cc1. The van der Waals surface area contributed by atoms with Crippen LogP contribution in [0.4, 0.5) is 9.18 Å². The minimum absolute atomic E-state index is 0.310. The zero-order chi connectivity index (χ0) is 29.0. The third-order valence-corrected chi connectivity index (χ3v) is 6.52. The first-order valence-corrected chi connectivity index (χ1v) is 13.7. The van der Waals surface area contributed by atoms with Crippen LogP contribution < -0.4 is 16.4 Å². The fourth-order valence-electron chi connectivity index (χ4n) is 4.36. The van der Waals surface area contributed by atoms with Crippen molar-refractivity contribution in [2.24, 2.45) is 5.73 Å². The maximum Gasteiger partial charge on any atom is 0.407 e. The molecule has 3 amide bonds. The molecule has 1 aliphatic carbocycles. The number of hydrogen-bond donors (Lipinski definition) is 3. The van der Waals surface area contributed by atoms with Crippen LogP contribution in [0.15, 0.2) is 48.5 Å². The second kappa shape index (κ2) is 19.5. The van der Waals surface area contributed by atoms with E-state index in [1.54, 1.807) is 7.11 Å². The van der Waals surface area contributed by atoms with Crippen LogP contribution in [0, 0.1) is 5.82 Å². The van der Waals surface area contributed by atoms with E-state index in [1.165, 1.54) is 61.9 Å². The number of benzene rings is 2. The van der Waals surface area contributed by atoms with Gasteiger partial charge in [0.05, 0.1) is 0 Å². The normalized spacial score (nSPS) is 13.8. The van der Waals surface area contributed by atoms with Gasteiger partial charge in [-0.05, 0) is 60.4 Å². The summed E-state index contributed by atoms with van der Waals surface area (Å²) >= 11 is 0. The number of alkyl carbamates (subject to hydrolysis) is 1. The molecule has 9 nitrogen and oxygen atoms in total. The molecule has 2 aromatic carbocycles. The number of primary amides is 1. The molecule has 0 spiro atoms. The standard InChI is InChI=1S/C21H33NO4.C9H9FN2O2/c1-24-14-6-16-25-15-5-13-22-21(23)26-17-18-9-11-20(12-10-18)19-7-3-2-4-8-19;10-7-3-1-6(2-4-7)8(9(11)14)12-5-13/h9-12,19H,2-8,13-17H2,1H3,(H,22,23);1-5,8H,(H2,11,14)(H,12,13). The van der Waals surface area contributed by atoms with Crippen molar-refractivity contribution in [3.63, 3.8) is 0 Å². The number of nitrogens with one attached hydrogen (secondary N) is 2. The van der Waals surface area contributed by atoms with E-state index in [9.17, 15) is 18.8 Å². The van der Waals surface area contributed by atoms with Gasteiger partial charge in [-0.2, -0.15) is 0 Å². The molecule has 10 heteroatoms. The molecule has 0 bridgehead atoms. The van der Waals surface area contributed by atoms with E-state index in [4.69, 9.17) is 19.9 Å². The number of carbonyl (C=O) groups is 3. The smallest absolute Gasteiger partial charge is 0.407 e. The average molecular weight is 560 g/mol. The lowest BCUT2D eigenvalue weighted by Gasteiger charge is -2.22. The Balaban J connectivity index is 0.000000337. The molecule has 1 atom stereocenters. The summed E-state index contributed by atoms with van der Waals surface area (Å²) < 4.78 is 28.2. The van der Waals surface area contributed by atoms with E-state index in [-0.39, 0.29) is 6.09 Å². The molecule has 4 N–H and O–H groups in total. The predicted molar refractivity (Wildman–Crippen MR) is 150 cm³/mol. The van der Waals surface area contributed by atoms with Gasteiger partial charge in [-0.25, -0.2) is 9.18 Å². The summed E-state index contributed by atoms with van der Waals surface area (Å²) in [4.78, 5) is 32.8. The Morgan fingerprint density at radius 3 is 2.30 bits per heavy atom. The molecular weight excluding hydrogens is 517 g/mol. The molecule has 220 valence electrons. The first kappa shape index (κ1) is 32.7. The van der Waals surface area contributed by atoms with E-state index in [1.807, 2.05) is 0 Å². The van der Waals surface area contributed by atoms with Gasteiger partial charge in [-0.1, -0.05) is 55.7 Å². The molecule has 0 aromatic heterocycles. The van der Waals surface area contributed by atoms with Gasteiger partial charge >= 0.3 is 6.09 Å². The quantitative estimate of drug-likeness (QED) is 0.218. The summed E-state index contributed by atoms with van der Waals surface area (Å²) in [5.41, 5.74) is 7.94. The number of carbonyl (C=O) groups excluding carboxylic acids is 3. The van der Waals surface area contributed by atoms with Crippen LogP contribution >= 0.6 is 0 Å². The van der Waals surface area contributed by atoms with Crippen LogP contribution in [0.2, 0.25) is 0 Å². The fourth-order valence-corrected chi connectivity index (χ4v) is 4.36. The molecule has 3 rings (SSSR count). The van der Waals surface area contributed by atoms with Gasteiger partial charge in [0.1, 0.15) is 18.5 Å². The van der Waals surface area contributed by atoms with E-state index in [2.05, 4.69) is 34.9 Å². The van der Waals surface area contributed by atoms with Gasteiger partial charge in [0, 0.05) is 33.5 Å². The highest BCUT2D eigenvalue weighted by molar-refractivity contribution is 5.83. The molecule has 0 saturated heterocycles. The van der Waals surface area contributed by atoms with Crippen molar-refractivity contribution < 1.29 is 33.0 Å². The Labute approximate surface area is 235 Å². The first-order valence-electron chi connectivity index (χ1n) is 13.7. The van der Waals surface area contributed by atoms with Crippen molar-refractivity contribution in [1.29, 1.82) is 0 Å². The van der Waals surface area contributed by atoms with E-state index < -0.39 is 17.8 Å². The highest BCUT2D eigenvalue weighted by Gasteiger charge is 2.16. The highest BCUT2D eigenvalue weighted by Crippen LogP contribution is 2.32. The Morgan fingerprint density at radius 1 is 1.00 bits per heavy atom. The summed E-state index contributed by atoms with van der Waals surface area (Å²) in [7, 11) is 1.68. The largest absolute Gasteiger partial charge is 0.445 e. The summed E-state index contributed by atoms with van der Waals surface area (Å²) in [6.07, 6.45) is 8.32. The van der Waals surface area contributed by atoms with Crippen molar-refractivity contribution in [3.8, 4) is 0 Å². The third kappa shape index (κ3) is 13.0. The van der Waals surface area contributed by atoms with Gasteiger partial charge in [0.15, 0.2) is 0 Å². The monoisotopic (exact) mass is 559 g/mol. The lowest BCUT2D eigenvalue weighted by atomic mass is 9.84. The highest BCUT2D eigenvalue weighted by atomic mass is 19.1. The first-order chi connectivity index (χ1) is 19.4. The van der Waals surface area contributed by atoms with Gasteiger partial charge in [-0.15, -0.1) is 0 Å². The lowest BCUT2D eigenvalue weighted by Crippen LogP contribution is -2.32. The summed E-state index contributed by atoms with van der Waals surface area (Å²) in [5, 5.41) is 4.99. The lowest BCUT2D eigenvalue weighted by molar-refractivity contribution is -0.122. The minimum atomic E-state index is -0.909. The fraction of sp³-hybridized carbons (Fsp3) is 0.500. The number of amides is 3.